The molecule has 0 aliphatic carbocycles. The molecule has 0 amide bonds. The van der Waals surface area contributed by atoms with Crippen LogP contribution >= 0.6 is 11.3 Å². The van der Waals surface area contributed by atoms with Gasteiger partial charge in [0.1, 0.15) is 16.5 Å². The van der Waals surface area contributed by atoms with Gasteiger partial charge >= 0.3 is 0 Å². The largest absolute Gasteiger partial charge is 0.497 e. The number of thiazole rings is 1. The van der Waals surface area contributed by atoms with Crippen molar-refractivity contribution in [2.45, 2.75) is 38.9 Å². The third-order valence-corrected chi connectivity index (χ3v) is 6.15. The standard InChI is InChI=1S/C21H31N5O2S/c1-5-19-11-23-20(29-19)12-24-21(22-2)25-16-6-7-26(14-16)13-15-8-17(27-3)10-18(9-15)28-4/h8-11,16H,5-7,12-14H2,1-4H3,(H2,22,24,25). The zero-order valence-electron chi connectivity index (χ0n) is 17.7. The number of aryl methyl sites for hydroxylation is 1. The third kappa shape index (κ3) is 6.08. The maximum Gasteiger partial charge on any atom is 0.191 e. The summed E-state index contributed by atoms with van der Waals surface area (Å²) in [6, 6.07) is 6.42. The summed E-state index contributed by atoms with van der Waals surface area (Å²) in [7, 11) is 5.17. The van der Waals surface area contributed by atoms with Crippen molar-refractivity contribution in [2.24, 2.45) is 4.99 Å². The molecule has 1 aliphatic rings. The molecule has 1 aromatic heterocycles. The number of aliphatic imine (C=N–C) groups is 1. The van der Waals surface area contributed by atoms with Gasteiger partial charge in [-0.25, -0.2) is 4.98 Å². The second-order valence-electron chi connectivity index (χ2n) is 7.09. The fourth-order valence-corrected chi connectivity index (χ4v) is 4.25. The van der Waals surface area contributed by atoms with Gasteiger partial charge in [-0.2, -0.15) is 0 Å². The van der Waals surface area contributed by atoms with Crippen LogP contribution in [0.3, 0.4) is 0 Å². The van der Waals surface area contributed by atoms with Crippen LogP contribution in [-0.4, -0.2) is 56.2 Å². The number of hydrogen-bond donors (Lipinski definition) is 2. The molecule has 158 valence electrons. The highest BCUT2D eigenvalue weighted by Crippen LogP contribution is 2.24. The molecule has 1 aliphatic heterocycles. The lowest BCUT2D eigenvalue weighted by molar-refractivity contribution is 0.321. The lowest BCUT2D eigenvalue weighted by atomic mass is 10.2. The van der Waals surface area contributed by atoms with Crippen LogP contribution in [0.25, 0.3) is 0 Å². The lowest BCUT2D eigenvalue weighted by Crippen LogP contribution is -2.44. The van der Waals surface area contributed by atoms with E-state index in [2.05, 4.69) is 44.6 Å². The zero-order chi connectivity index (χ0) is 20.6. The van der Waals surface area contributed by atoms with Gasteiger partial charge < -0.3 is 20.1 Å². The van der Waals surface area contributed by atoms with Crippen molar-refractivity contribution in [3.63, 3.8) is 0 Å². The Kier molecular flexibility index (Phi) is 7.71. The van der Waals surface area contributed by atoms with Gasteiger partial charge in [0.15, 0.2) is 5.96 Å². The summed E-state index contributed by atoms with van der Waals surface area (Å²) in [5.74, 6) is 2.48. The van der Waals surface area contributed by atoms with Gasteiger partial charge in [0, 0.05) is 49.9 Å². The van der Waals surface area contributed by atoms with Crippen LogP contribution in [0.4, 0.5) is 0 Å². The van der Waals surface area contributed by atoms with Crippen LogP contribution in [0.1, 0.15) is 28.8 Å². The fourth-order valence-electron chi connectivity index (χ4n) is 3.45. The van der Waals surface area contributed by atoms with Gasteiger partial charge in [-0.15, -0.1) is 11.3 Å². The number of ether oxygens (including phenoxy) is 2. The maximum absolute atomic E-state index is 5.38. The number of aromatic nitrogens is 1. The van der Waals surface area contributed by atoms with Gasteiger partial charge in [-0.05, 0) is 30.5 Å². The quantitative estimate of drug-likeness (QED) is 0.508. The second kappa shape index (κ2) is 10.5. The zero-order valence-corrected chi connectivity index (χ0v) is 18.5. The molecule has 7 nitrogen and oxygen atoms in total. The highest BCUT2D eigenvalue weighted by molar-refractivity contribution is 7.11. The SMILES string of the molecule is CCc1cnc(CNC(=NC)NC2CCN(Cc3cc(OC)cc(OC)c3)C2)s1. The molecule has 2 N–H and O–H groups in total. The minimum absolute atomic E-state index is 0.371. The van der Waals surface area contributed by atoms with Crippen molar-refractivity contribution < 1.29 is 9.47 Å². The number of nitrogens with zero attached hydrogens (tertiary/aromatic N) is 3. The van der Waals surface area contributed by atoms with E-state index in [1.807, 2.05) is 19.3 Å². The molecule has 0 radical (unpaired) electrons. The van der Waals surface area contributed by atoms with Crippen LogP contribution in [0.5, 0.6) is 11.5 Å². The predicted molar refractivity (Wildman–Crippen MR) is 118 cm³/mol. The molecule has 29 heavy (non-hydrogen) atoms. The van der Waals surface area contributed by atoms with E-state index in [0.717, 1.165) is 54.9 Å². The van der Waals surface area contributed by atoms with Crippen LogP contribution < -0.4 is 20.1 Å². The van der Waals surface area contributed by atoms with Gasteiger partial charge in [0.25, 0.3) is 0 Å². The third-order valence-electron chi connectivity index (χ3n) is 5.01. The van der Waals surface area contributed by atoms with E-state index in [0.29, 0.717) is 12.6 Å². The van der Waals surface area contributed by atoms with Crippen molar-refractivity contribution in [3.05, 3.63) is 39.8 Å². The summed E-state index contributed by atoms with van der Waals surface area (Å²) < 4.78 is 10.8. The van der Waals surface area contributed by atoms with Gasteiger partial charge in [-0.3, -0.25) is 9.89 Å². The molecule has 1 aromatic carbocycles. The Morgan fingerprint density at radius 2 is 2.03 bits per heavy atom. The van der Waals surface area contributed by atoms with Gasteiger partial charge in [0.05, 0.1) is 20.8 Å². The monoisotopic (exact) mass is 417 g/mol. The number of likely N-dealkylation sites (tertiary alicyclic amines) is 1. The molecule has 2 aromatic rings. The molecular weight excluding hydrogens is 386 g/mol. The van der Waals surface area contributed by atoms with E-state index in [1.165, 1.54) is 10.4 Å². The van der Waals surface area contributed by atoms with Crippen LogP contribution in [0.2, 0.25) is 0 Å². The number of methoxy groups -OCH3 is 2. The number of benzene rings is 1. The fraction of sp³-hybridized carbons (Fsp3) is 0.524. The summed E-state index contributed by atoms with van der Waals surface area (Å²) in [6.07, 6.45) is 4.07. The minimum atomic E-state index is 0.371. The normalized spacial score (nSPS) is 17.4. The molecular formula is C21H31N5O2S. The Balaban J connectivity index is 1.49. The van der Waals surface area contributed by atoms with E-state index in [4.69, 9.17) is 9.47 Å². The first-order valence-corrected chi connectivity index (χ1v) is 10.8. The van der Waals surface area contributed by atoms with E-state index >= 15 is 0 Å². The Labute approximate surface area is 177 Å². The molecule has 1 fully saturated rings. The first-order valence-electron chi connectivity index (χ1n) is 9.98. The van der Waals surface area contributed by atoms with E-state index < -0.39 is 0 Å². The summed E-state index contributed by atoms with van der Waals surface area (Å²) in [6.45, 7) is 5.73. The molecule has 0 bridgehead atoms. The number of nitrogens with one attached hydrogen (secondary N) is 2. The van der Waals surface area contributed by atoms with Crippen molar-refractivity contribution in [3.8, 4) is 11.5 Å². The average molecular weight is 418 g/mol. The molecule has 8 heteroatoms. The second-order valence-corrected chi connectivity index (χ2v) is 8.29. The molecule has 3 rings (SSSR count). The number of guanidine groups is 1. The lowest BCUT2D eigenvalue weighted by Gasteiger charge is -2.19. The summed E-state index contributed by atoms with van der Waals surface area (Å²) in [4.78, 5) is 12.6. The highest BCUT2D eigenvalue weighted by Gasteiger charge is 2.23. The Hall–Kier alpha value is -2.32. The Morgan fingerprint density at radius 1 is 1.28 bits per heavy atom. The van der Waals surface area contributed by atoms with E-state index in [9.17, 15) is 0 Å². The Morgan fingerprint density at radius 3 is 2.66 bits per heavy atom. The highest BCUT2D eigenvalue weighted by atomic mass is 32.1. The van der Waals surface area contributed by atoms with E-state index in [1.54, 1.807) is 25.6 Å². The summed E-state index contributed by atoms with van der Waals surface area (Å²) in [5.41, 5.74) is 1.19. The molecule has 2 heterocycles. The topological polar surface area (TPSA) is 71.0 Å². The molecule has 0 spiro atoms. The van der Waals surface area contributed by atoms with E-state index in [-0.39, 0.29) is 0 Å². The average Bonchev–Trinajstić information content (AvgIpc) is 3.39. The van der Waals surface area contributed by atoms with Gasteiger partial charge in [0.2, 0.25) is 0 Å². The van der Waals surface area contributed by atoms with Crippen LogP contribution in [-0.2, 0) is 19.5 Å². The molecule has 1 unspecified atom stereocenters. The van der Waals surface area contributed by atoms with Crippen LogP contribution in [0, 0.1) is 0 Å². The van der Waals surface area contributed by atoms with Crippen molar-refractivity contribution in [1.29, 1.82) is 0 Å². The summed E-state index contributed by atoms with van der Waals surface area (Å²) >= 11 is 1.75. The number of rotatable bonds is 8. The predicted octanol–water partition coefficient (Wildman–Crippen LogP) is 2.66. The minimum Gasteiger partial charge on any atom is -0.497 e. The van der Waals surface area contributed by atoms with Crippen LogP contribution in [0.15, 0.2) is 29.4 Å². The molecule has 0 saturated carbocycles. The Bertz CT molecular complexity index is 801. The summed E-state index contributed by atoms with van der Waals surface area (Å²) in [5, 5.41) is 8.01. The smallest absolute Gasteiger partial charge is 0.191 e. The number of hydrogen-bond acceptors (Lipinski definition) is 6. The molecule has 1 atom stereocenters. The van der Waals surface area contributed by atoms with Crippen molar-refractivity contribution in [1.82, 2.24) is 20.5 Å². The van der Waals surface area contributed by atoms with Gasteiger partial charge in [-0.1, -0.05) is 6.92 Å². The van der Waals surface area contributed by atoms with Crippen molar-refractivity contribution in [2.75, 3.05) is 34.4 Å². The van der Waals surface area contributed by atoms with Crippen molar-refractivity contribution >= 4 is 17.3 Å². The first kappa shape index (κ1) is 21.4. The maximum atomic E-state index is 5.38. The first-order chi connectivity index (χ1) is 14.1. The molecule has 1 saturated heterocycles.